The molecule has 5 heteroatoms. The number of aromatic nitrogens is 3. The van der Waals surface area contributed by atoms with Gasteiger partial charge in [0.1, 0.15) is 11.6 Å². The van der Waals surface area contributed by atoms with E-state index in [1.54, 1.807) is 6.07 Å². The van der Waals surface area contributed by atoms with Crippen LogP contribution in [0.5, 0.6) is 5.75 Å². The molecule has 1 N–H and O–H groups in total. The van der Waals surface area contributed by atoms with Crippen molar-refractivity contribution in [3.63, 3.8) is 0 Å². The van der Waals surface area contributed by atoms with E-state index in [9.17, 15) is 5.11 Å². The van der Waals surface area contributed by atoms with E-state index in [1.807, 2.05) is 36.5 Å². The van der Waals surface area contributed by atoms with E-state index in [0.29, 0.717) is 11.4 Å². The first-order valence-electron chi connectivity index (χ1n) is 20.6. The molecule has 0 saturated carbocycles. The zero-order valence-electron chi connectivity index (χ0n) is 35.3. The number of rotatable bonds is 7. The van der Waals surface area contributed by atoms with Crippen LogP contribution in [0, 0.1) is 6.07 Å². The number of hydrogen-bond donors (Lipinski definition) is 1. The van der Waals surface area contributed by atoms with Crippen molar-refractivity contribution in [3.05, 3.63) is 193 Å². The third-order valence-corrected chi connectivity index (χ3v) is 11.4. The maximum Gasteiger partial charge on any atom is 0.148 e. The maximum absolute atomic E-state index is 11.5. The second-order valence-corrected chi connectivity index (χ2v) is 17.6. The average Bonchev–Trinajstić information content (AvgIpc) is 3.66. The maximum atomic E-state index is 11.5. The molecule has 9 rings (SSSR count). The molecule has 61 heavy (non-hydrogen) atoms. The van der Waals surface area contributed by atoms with Gasteiger partial charge in [-0.1, -0.05) is 180 Å². The van der Waals surface area contributed by atoms with Gasteiger partial charge >= 0.3 is 0 Å². The molecule has 2 aromatic heterocycles. The predicted octanol–water partition coefficient (Wildman–Crippen LogP) is 14.5. The molecule has 0 spiro atoms. The fraction of sp³-hybridized carbons (Fsp3) is 0.143. The van der Waals surface area contributed by atoms with Crippen LogP contribution in [0.4, 0.5) is 0 Å². The molecule has 9 aromatic rings. The second kappa shape index (κ2) is 16.6. The molecule has 0 unspecified atom stereocenters. The molecule has 0 fully saturated rings. The minimum absolute atomic E-state index is 0. The summed E-state index contributed by atoms with van der Waals surface area (Å²) in [5.74, 6) is 0.825. The Bertz CT molecular complexity index is 2990. The van der Waals surface area contributed by atoms with Crippen molar-refractivity contribution in [2.24, 2.45) is 0 Å². The minimum atomic E-state index is -0.0733. The quantitative estimate of drug-likeness (QED) is 0.162. The van der Waals surface area contributed by atoms with Crippen molar-refractivity contribution >= 4 is 11.0 Å². The fourth-order valence-electron chi connectivity index (χ4n) is 8.02. The number of fused-ring (bicyclic) bond motifs is 1. The van der Waals surface area contributed by atoms with E-state index in [0.717, 1.165) is 72.5 Å². The molecule has 4 nitrogen and oxygen atoms in total. The summed E-state index contributed by atoms with van der Waals surface area (Å²) < 4.78 is 2.22. The third-order valence-electron chi connectivity index (χ3n) is 11.4. The largest absolute Gasteiger partial charge is 0.507 e. The topological polar surface area (TPSA) is 50.9 Å². The number of para-hydroxylation sites is 2. The number of imidazole rings is 1. The molecule has 304 valence electrons. The predicted molar refractivity (Wildman–Crippen MR) is 249 cm³/mol. The Morgan fingerprint density at radius 1 is 0.492 bits per heavy atom. The number of pyridine rings is 1. The van der Waals surface area contributed by atoms with Crippen LogP contribution in [0.1, 0.15) is 52.7 Å². The molecule has 0 atom stereocenters. The van der Waals surface area contributed by atoms with E-state index in [4.69, 9.17) is 9.97 Å². The number of aromatic hydroxyl groups is 1. The van der Waals surface area contributed by atoms with Crippen LogP contribution < -0.4 is 0 Å². The van der Waals surface area contributed by atoms with Crippen molar-refractivity contribution in [1.29, 1.82) is 0 Å². The van der Waals surface area contributed by atoms with Gasteiger partial charge in [-0.3, -0.25) is 9.55 Å². The molecular weight excluding hydrogens is 926 g/mol. The van der Waals surface area contributed by atoms with Gasteiger partial charge in [0.15, 0.2) is 0 Å². The van der Waals surface area contributed by atoms with E-state index >= 15 is 0 Å². The van der Waals surface area contributed by atoms with Gasteiger partial charge in [0.25, 0.3) is 0 Å². The first kappa shape index (κ1) is 41.4. The van der Waals surface area contributed by atoms with Crippen LogP contribution in [0.3, 0.4) is 0 Å². The Balaban J connectivity index is 0.00000514. The van der Waals surface area contributed by atoms with Crippen LogP contribution in [0.15, 0.2) is 176 Å². The third kappa shape index (κ3) is 8.26. The van der Waals surface area contributed by atoms with E-state index in [1.165, 1.54) is 11.1 Å². The summed E-state index contributed by atoms with van der Waals surface area (Å²) in [5, 5.41) is 11.5. The summed E-state index contributed by atoms with van der Waals surface area (Å²) in [7, 11) is 0. The van der Waals surface area contributed by atoms with Gasteiger partial charge in [0, 0.05) is 38.5 Å². The molecular formula is C56H48N3OPt-. The minimum Gasteiger partial charge on any atom is -0.507 e. The molecule has 0 amide bonds. The second-order valence-electron chi connectivity index (χ2n) is 17.6. The van der Waals surface area contributed by atoms with Crippen LogP contribution in [0.25, 0.3) is 83.9 Å². The average molecular weight is 974 g/mol. The molecule has 0 saturated heterocycles. The monoisotopic (exact) mass is 973 g/mol. The molecule has 2 heterocycles. The molecule has 0 aliphatic rings. The zero-order valence-corrected chi connectivity index (χ0v) is 37.6. The summed E-state index contributed by atoms with van der Waals surface area (Å²) in [6.07, 6.45) is 1.88. The Kier molecular flexibility index (Phi) is 11.3. The summed E-state index contributed by atoms with van der Waals surface area (Å²) in [4.78, 5) is 10.4. The van der Waals surface area contributed by atoms with Crippen molar-refractivity contribution < 1.29 is 26.2 Å². The van der Waals surface area contributed by atoms with Gasteiger partial charge in [-0.25, -0.2) is 4.98 Å². The fourth-order valence-corrected chi connectivity index (χ4v) is 8.02. The van der Waals surface area contributed by atoms with E-state index in [-0.39, 0.29) is 37.6 Å². The van der Waals surface area contributed by atoms with Gasteiger partial charge in [0.2, 0.25) is 0 Å². The standard InChI is InChI=1S/C56H48N3O.Pt/c1-55(2,3)44-26-24-39(25-27-44)48-36-45(56(4,5)6)28-29-50(48)59-51-22-15-21-46(53(51)58-54(59)47-20-13-14-23-52(47)60)42-32-41(38-18-11-8-12-19-38)33-43(34-42)49-35-40(30-31-57-49)37-16-9-7-10-17-37;/h7-33,35-36,60H,1-6H3;/q-1;. The van der Waals surface area contributed by atoms with E-state index in [2.05, 4.69) is 186 Å². The molecule has 7 aromatic carbocycles. The first-order chi connectivity index (χ1) is 28.9. The first-order valence-corrected chi connectivity index (χ1v) is 20.6. The van der Waals surface area contributed by atoms with Crippen LogP contribution >= 0.6 is 0 Å². The Hall–Kier alpha value is -6.35. The van der Waals surface area contributed by atoms with Gasteiger partial charge in [-0.05, 0) is 80.6 Å². The Labute approximate surface area is 373 Å². The number of nitrogens with zero attached hydrogens (tertiary/aromatic N) is 3. The Morgan fingerprint density at radius 2 is 1.10 bits per heavy atom. The van der Waals surface area contributed by atoms with Gasteiger partial charge < -0.3 is 5.11 Å². The molecule has 0 aliphatic carbocycles. The summed E-state index contributed by atoms with van der Waals surface area (Å²) in [6, 6.07) is 62.8. The van der Waals surface area contributed by atoms with Gasteiger partial charge in [-0.15, -0.1) is 23.8 Å². The van der Waals surface area contributed by atoms with Crippen LogP contribution in [-0.4, -0.2) is 19.6 Å². The Morgan fingerprint density at radius 3 is 1.77 bits per heavy atom. The number of phenols is 1. The van der Waals surface area contributed by atoms with Crippen molar-refractivity contribution in [3.8, 4) is 78.6 Å². The van der Waals surface area contributed by atoms with Crippen LogP contribution in [0.2, 0.25) is 0 Å². The smallest absolute Gasteiger partial charge is 0.148 e. The summed E-state index contributed by atoms with van der Waals surface area (Å²) in [6.45, 7) is 13.5. The summed E-state index contributed by atoms with van der Waals surface area (Å²) >= 11 is 0. The number of phenolic OH excluding ortho intramolecular Hbond substituents is 1. The number of benzene rings is 7. The summed E-state index contributed by atoms with van der Waals surface area (Å²) in [5.41, 5.74) is 16.0. The SMILES string of the molecule is CC(C)(C)c1ccc(-c2cc(C(C)(C)C)ccc2-n2c(-c3ccccc3O)nc3c(-c4[c-]c(-c5cc(-c6ccccc6)ccn5)cc(-c5ccccc5)c4)cccc32)cc1.[Pt]. The molecule has 0 radical (unpaired) electrons. The van der Waals surface area contributed by atoms with Crippen molar-refractivity contribution in [2.45, 2.75) is 52.4 Å². The molecule has 0 bridgehead atoms. The van der Waals surface area contributed by atoms with Gasteiger partial charge in [0.05, 0.1) is 22.3 Å². The molecule has 0 aliphatic heterocycles. The normalized spacial score (nSPS) is 11.7. The van der Waals surface area contributed by atoms with Gasteiger partial charge in [-0.2, -0.15) is 0 Å². The van der Waals surface area contributed by atoms with Crippen LogP contribution in [-0.2, 0) is 31.9 Å². The van der Waals surface area contributed by atoms with Crippen molar-refractivity contribution in [2.75, 3.05) is 0 Å². The van der Waals surface area contributed by atoms with Crippen molar-refractivity contribution in [1.82, 2.24) is 14.5 Å². The van der Waals surface area contributed by atoms with E-state index < -0.39 is 0 Å². The zero-order chi connectivity index (χ0) is 41.6. The number of hydrogen-bond acceptors (Lipinski definition) is 3.